The van der Waals surface area contributed by atoms with E-state index in [1.807, 2.05) is 24.3 Å². The first-order chi connectivity index (χ1) is 9.13. The number of methoxy groups -OCH3 is 1. The lowest BCUT2D eigenvalue weighted by molar-refractivity contribution is 0.144. The van der Waals surface area contributed by atoms with Crippen LogP contribution in [0, 0.1) is 5.92 Å². The Bertz CT molecular complexity index is 355. The molecule has 4 heteroatoms. The van der Waals surface area contributed by atoms with E-state index in [2.05, 4.69) is 19.2 Å². The Labute approximate surface area is 115 Å². The molecule has 1 aromatic rings. The summed E-state index contributed by atoms with van der Waals surface area (Å²) in [6.07, 6.45) is 0.534. The lowest BCUT2D eigenvalue weighted by Gasteiger charge is -2.14. The summed E-state index contributed by atoms with van der Waals surface area (Å²) in [6, 6.07) is 7.57. The Morgan fingerprint density at radius 1 is 1.21 bits per heavy atom. The molecule has 1 atom stereocenters. The highest BCUT2D eigenvalue weighted by atomic mass is 16.5. The third-order valence-corrected chi connectivity index (χ3v) is 2.73. The zero-order chi connectivity index (χ0) is 14.1. The van der Waals surface area contributed by atoms with E-state index in [0.717, 1.165) is 17.9 Å². The molecule has 0 aromatic heterocycles. The first-order valence-electron chi connectivity index (χ1n) is 6.78. The number of benzene rings is 1. The Morgan fingerprint density at radius 2 is 1.89 bits per heavy atom. The van der Waals surface area contributed by atoms with E-state index in [1.165, 1.54) is 0 Å². The van der Waals surface area contributed by atoms with E-state index in [0.29, 0.717) is 25.6 Å². The first kappa shape index (κ1) is 15.8. The van der Waals surface area contributed by atoms with Crippen LogP contribution in [0.1, 0.15) is 20.3 Å². The van der Waals surface area contributed by atoms with E-state index in [-0.39, 0.29) is 6.10 Å². The molecular formula is C15H25NO3. The van der Waals surface area contributed by atoms with Crippen LogP contribution >= 0.6 is 0 Å². The van der Waals surface area contributed by atoms with Gasteiger partial charge in [0, 0.05) is 13.1 Å². The molecule has 0 aliphatic rings. The highest BCUT2D eigenvalue weighted by Gasteiger charge is 2.06. The predicted octanol–water partition coefficient (Wildman–Crippen LogP) is 2.07. The van der Waals surface area contributed by atoms with Gasteiger partial charge in [-0.1, -0.05) is 26.0 Å². The maximum absolute atomic E-state index is 9.69. The predicted molar refractivity (Wildman–Crippen MR) is 76.8 cm³/mol. The molecule has 1 rings (SSSR count). The summed E-state index contributed by atoms with van der Waals surface area (Å²) in [5.41, 5.74) is 0. The molecule has 0 saturated heterocycles. The van der Waals surface area contributed by atoms with Crippen molar-refractivity contribution in [1.29, 1.82) is 0 Å². The van der Waals surface area contributed by atoms with E-state index in [1.54, 1.807) is 7.11 Å². The van der Waals surface area contributed by atoms with E-state index >= 15 is 0 Å². The minimum Gasteiger partial charge on any atom is -0.493 e. The number of nitrogens with one attached hydrogen (secondary N) is 1. The van der Waals surface area contributed by atoms with Crippen molar-refractivity contribution in [3.05, 3.63) is 24.3 Å². The van der Waals surface area contributed by atoms with Gasteiger partial charge in [0.05, 0.1) is 13.2 Å². The fourth-order valence-electron chi connectivity index (χ4n) is 1.87. The second kappa shape index (κ2) is 8.77. The molecule has 0 saturated carbocycles. The van der Waals surface area contributed by atoms with Crippen molar-refractivity contribution in [2.45, 2.75) is 26.4 Å². The summed E-state index contributed by atoms with van der Waals surface area (Å²) in [4.78, 5) is 0. The summed E-state index contributed by atoms with van der Waals surface area (Å²) in [7, 11) is 1.63. The van der Waals surface area contributed by atoms with Gasteiger partial charge < -0.3 is 19.9 Å². The van der Waals surface area contributed by atoms with Crippen LogP contribution in [-0.2, 0) is 0 Å². The molecule has 19 heavy (non-hydrogen) atoms. The number of aliphatic hydroxyl groups is 1. The van der Waals surface area contributed by atoms with Crippen molar-refractivity contribution >= 4 is 0 Å². The van der Waals surface area contributed by atoms with Gasteiger partial charge in [0.25, 0.3) is 0 Å². The van der Waals surface area contributed by atoms with Gasteiger partial charge in [0.15, 0.2) is 11.5 Å². The number of aliphatic hydroxyl groups excluding tert-OH is 1. The van der Waals surface area contributed by atoms with Gasteiger partial charge in [0.1, 0.15) is 6.61 Å². The zero-order valence-corrected chi connectivity index (χ0v) is 12.1. The minimum atomic E-state index is -0.286. The minimum absolute atomic E-state index is 0.286. The summed E-state index contributed by atoms with van der Waals surface area (Å²) < 4.78 is 10.8. The average Bonchev–Trinajstić information content (AvgIpc) is 2.38. The van der Waals surface area contributed by atoms with Crippen LogP contribution < -0.4 is 14.8 Å². The maximum Gasteiger partial charge on any atom is 0.161 e. The number of para-hydroxylation sites is 2. The molecule has 1 unspecified atom stereocenters. The van der Waals surface area contributed by atoms with E-state index < -0.39 is 0 Å². The number of rotatable bonds is 9. The molecule has 0 heterocycles. The quantitative estimate of drug-likeness (QED) is 0.673. The molecule has 0 radical (unpaired) electrons. The second-order valence-corrected chi connectivity index (χ2v) is 4.99. The van der Waals surface area contributed by atoms with Gasteiger partial charge in [-0.2, -0.15) is 0 Å². The zero-order valence-electron chi connectivity index (χ0n) is 12.1. The van der Waals surface area contributed by atoms with Crippen LogP contribution in [0.15, 0.2) is 24.3 Å². The van der Waals surface area contributed by atoms with Crippen LogP contribution in [0.4, 0.5) is 0 Å². The molecule has 0 amide bonds. The molecular weight excluding hydrogens is 242 g/mol. The van der Waals surface area contributed by atoms with Gasteiger partial charge in [-0.25, -0.2) is 0 Å². The molecule has 1 aromatic carbocycles. The number of hydrogen-bond donors (Lipinski definition) is 2. The molecule has 0 aliphatic carbocycles. The van der Waals surface area contributed by atoms with Crippen molar-refractivity contribution in [3.63, 3.8) is 0 Å². The highest BCUT2D eigenvalue weighted by molar-refractivity contribution is 5.39. The van der Waals surface area contributed by atoms with Crippen molar-refractivity contribution in [1.82, 2.24) is 5.32 Å². The lowest BCUT2D eigenvalue weighted by Crippen LogP contribution is -2.30. The van der Waals surface area contributed by atoms with E-state index in [4.69, 9.17) is 9.47 Å². The van der Waals surface area contributed by atoms with Crippen LogP contribution in [0.5, 0.6) is 11.5 Å². The first-order valence-corrected chi connectivity index (χ1v) is 6.78. The molecule has 4 nitrogen and oxygen atoms in total. The van der Waals surface area contributed by atoms with E-state index in [9.17, 15) is 5.11 Å². The lowest BCUT2D eigenvalue weighted by atomic mass is 10.1. The largest absolute Gasteiger partial charge is 0.493 e. The van der Waals surface area contributed by atoms with Gasteiger partial charge >= 0.3 is 0 Å². The highest BCUT2D eigenvalue weighted by Crippen LogP contribution is 2.25. The Hall–Kier alpha value is -1.26. The molecule has 0 spiro atoms. The standard InChI is InChI=1S/C15H25NO3/c1-12(2)10-13(17)11-16-8-9-19-15-7-5-4-6-14(15)18-3/h4-7,12-13,16-17H,8-11H2,1-3H3. The molecule has 0 aliphatic heterocycles. The normalized spacial score (nSPS) is 12.5. The number of hydrogen-bond acceptors (Lipinski definition) is 4. The van der Waals surface area contributed by atoms with Crippen molar-refractivity contribution < 1.29 is 14.6 Å². The van der Waals surface area contributed by atoms with Gasteiger partial charge in [-0.3, -0.25) is 0 Å². The molecule has 2 N–H and O–H groups in total. The summed E-state index contributed by atoms with van der Waals surface area (Å²) >= 11 is 0. The SMILES string of the molecule is COc1ccccc1OCCNCC(O)CC(C)C. The fraction of sp³-hybridized carbons (Fsp3) is 0.600. The molecule has 0 bridgehead atoms. The smallest absolute Gasteiger partial charge is 0.161 e. The van der Waals surface area contributed by atoms with Gasteiger partial charge in [-0.15, -0.1) is 0 Å². The molecule has 0 fully saturated rings. The summed E-state index contributed by atoms with van der Waals surface area (Å²) in [6.45, 7) is 6.07. The average molecular weight is 267 g/mol. The third-order valence-electron chi connectivity index (χ3n) is 2.73. The van der Waals surface area contributed by atoms with Crippen LogP contribution in [0.25, 0.3) is 0 Å². The maximum atomic E-state index is 9.69. The fourth-order valence-corrected chi connectivity index (χ4v) is 1.87. The third kappa shape index (κ3) is 6.45. The molecule has 108 valence electrons. The second-order valence-electron chi connectivity index (χ2n) is 4.99. The van der Waals surface area contributed by atoms with Crippen molar-refractivity contribution in [2.75, 3.05) is 26.8 Å². The van der Waals surface area contributed by atoms with Crippen molar-refractivity contribution in [3.8, 4) is 11.5 Å². The van der Waals surface area contributed by atoms with Crippen LogP contribution in [0.2, 0.25) is 0 Å². The van der Waals surface area contributed by atoms with Crippen LogP contribution in [0.3, 0.4) is 0 Å². The van der Waals surface area contributed by atoms with Crippen LogP contribution in [-0.4, -0.2) is 38.0 Å². The van der Waals surface area contributed by atoms with Gasteiger partial charge in [-0.05, 0) is 24.5 Å². The van der Waals surface area contributed by atoms with Crippen molar-refractivity contribution in [2.24, 2.45) is 5.92 Å². The Balaban J connectivity index is 2.17. The summed E-state index contributed by atoms with van der Waals surface area (Å²) in [5, 5.41) is 12.9. The topological polar surface area (TPSA) is 50.7 Å². The number of ether oxygens (including phenoxy) is 2. The Morgan fingerprint density at radius 3 is 2.53 bits per heavy atom. The monoisotopic (exact) mass is 267 g/mol. The summed E-state index contributed by atoms with van der Waals surface area (Å²) in [5.74, 6) is 2.00. The Kier molecular flexibility index (Phi) is 7.30. The van der Waals surface area contributed by atoms with Gasteiger partial charge in [0.2, 0.25) is 0 Å².